The minimum Gasteiger partial charge on any atom is -0.462 e. The Morgan fingerprint density at radius 3 is 2.56 bits per heavy atom. The highest BCUT2D eigenvalue weighted by Gasteiger charge is 2.25. The van der Waals surface area contributed by atoms with Crippen LogP contribution in [0.3, 0.4) is 0 Å². The molecule has 0 saturated heterocycles. The number of hydrogen-bond donors (Lipinski definition) is 0. The normalized spacial score (nSPS) is 10.6. The monoisotopic (exact) mass is 385 g/mol. The van der Waals surface area contributed by atoms with Crippen LogP contribution in [0.4, 0.5) is 5.69 Å². The Kier molecular flexibility index (Phi) is 5.23. The number of nitrogens with zero attached hydrogens (tertiary/aromatic N) is 3. The van der Waals surface area contributed by atoms with Crippen molar-refractivity contribution in [3.8, 4) is 16.9 Å². The van der Waals surface area contributed by atoms with Crippen LogP contribution in [-0.4, -0.2) is 27.3 Å². The number of halogens is 1. The molecule has 1 aromatic heterocycles. The van der Waals surface area contributed by atoms with Crippen molar-refractivity contribution in [2.45, 2.75) is 13.8 Å². The van der Waals surface area contributed by atoms with Crippen molar-refractivity contribution in [3.05, 3.63) is 74.9 Å². The number of aromatic nitrogens is 2. The maximum absolute atomic E-state index is 12.5. The first-order valence-corrected chi connectivity index (χ1v) is 8.57. The number of esters is 1. The molecule has 0 aliphatic rings. The summed E-state index contributed by atoms with van der Waals surface area (Å²) >= 11 is 6.10. The van der Waals surface area contributed by atoms with Gasteiger partial charge in [0.25, 0.3) is 5.69 Å². The van der Waals surface area contributed by atoms with Crippen LogP contribution in [0.25, 0.3) is 16.9 Å². The first-order valence-electron chi connectivity index (χ1n) is 8.20. The predicted molar refractivity (Wildman–Crippen MR) is 101 cm³/mol. The van der Waals surface area contributed by atoms with Gasteiger partial charge in [0.2, 0.25) is 0 Å². The van der Waals surface area contributed by atoms with E-state index in [1.54, 1.807) is 48.9 Å². The summed E-state index contributed by atoms with van der Waals surface area (Å²) in [6, 6.07) is 13.0. The van der Waals surface area contributed by atoms with Crippen LogP contribution in [0.5, 0.6) is 0 Å². The van der Waals surface area contributed by atoms with E-state index in [1.807, 2.05) is 6.07 Å². The molecule has 0 N–H and O–H groups in total. The van der Waals surface area contributed by atoms with Crippen molar-refractivity contribution in [1.82, 2.24) is 9.78 Å². The van der Waals surface area contributed by atoms with Crippen LogP contribution in [0.1, 0.15) is 23.0 Å². The summed E-state index contributed by atoms with van der Waals surface area (Å²) in [5.74, 6) is -0.503. The number of nitro groups is 1. The van der Waals surface area contributed by atoms with Crippen molar-refractivity contribution in [1.29, 1.82) is 0 Å². The smallest absolute Gasteiger partial charge is 0.342 e. The summed E-state index contributed by atoms with van der Waals surface area (Å²) in [7, 11) is 0. The molecular weight excluding hydrogens is 370 g/mol. The van der Waals surface area contributed by atoms with Gasteiger partial charge in [0.1, 0.15) is 5.56 Å². The van der Waals surface area contributed by atoms with E-state index in [0.717, 1.165) is 0 Å². The molecule has 138 valence electrons. The fraction of sp³-hybridized carbons (Fsp3) is 0.158. The Morgan fingerprint density at radius 1 is 1.26 bits per heavy atom. The maximum Gasteiger partial charge on any atom is 0.342 e. The van der Waals surface area contributed by atoms with E-state index in [4.69, 9.17) is 16.3 Å². The Bertz CT molecular complexity index is 1010. The van der Waals surface area contributed by atoms with E-state index in [9.17, 15) is 14.9 Å². The zero-order valence-corrected chi connectivity index (χ0v) is 15.4. The molecule has 0 radical (unpaired) electrons. The number of ether oxygens (including phenoxy) is 1. The van der Waals surface area contributed by atoms with Crippen LogP contribution in [0.15, 0.2) is 48.5 Å². The lowest BCUT2D eigenvalue weighted by atomic mass is 10.1. The van der Waals surface area contributed by atoms with Crippen molar-refractivity contribution < 1.29 is 14.5 Å². The molecule has 7 nitrogen and oxygen atoms in total. The Morgan fingerprint density at radius 2 is 1.96 bits per heavy atom. The van der Waals surface area contributed by atoms with Crippen molar-refractivity contribution in [2.75, 3.05) is 6.61 Å². The molecule has 0 saturated carbocycles. The van der Waals surface area contributed by atoms with Gasteiger partial charge >= 0.3 is 5.97 Å². The van der Waals surface area contributed by atoms with Gasteiger partial charge in [0, 0.05) is 22.7 Å². The van der Waals surface area contributed by atoms with Gasteiger partial charge in [-0.3, -0.25) is 10.1 Å². The van der Waals surface area contributed by atoms with E-state index < -0.39 is 10.9 Å². The van der Waals surface area contributed by atoms with Crippen molar-refractivity contribution in [2.24, 2.45) is 0 Å². The van der Waals surface area contributed by atoms with Gasteiger partial charge in [-0.15, -0.1) is 0 Å². The molecule has 27 heavy (non-hydrogen) atoms. The molecule has 2 aromatic carbocycles. The lowest BCUT2D eigenvalue weighted by Gasteiger charge is -2.10. The van der Waals surface area contributed by atoms with Crippen LogP contribution in [0, 0.1) is 17.0 Å². The minimum absolute atomic E-state index is 0.0398. The second-order valence-electron chi connectivity index (χ2n) is 5.73. The zero-order valence-electron chi connectivity index (χ0n) is 14.7. The van der Waals surface area contributed by atoms with Gasteiger partial charge in [-0.25, -0.2) is 9.48 Å². The topological polar surface area (TPSA) is 87.3 Å². The van der Waals surface area contributed by atoms with E-state index in [0.29, 0.717) is 33.2 Å². The highest BCUT2D eigenvalue weighted by molar-refractivity contribution is 6.30. The molecule has 0 unspecified atom stereocenters. The molecule has 0 spiro atoms. The van der Waals surface area contributed by atoms with Gasteiger partial charge in [-0.2, -0.15) is 5.10 Å². The summed E-state index contributed by atoms with van der Waals surface area (Å²) in [5.41, 5.74) is 2.51. The molecule has 0 aliphatic carbocycles. The SMILES string of the molecule is CCOC(=O)c1c(C)nn(-c2cccc(Cl)c2)c1-c1ccc([N+](=O)[O-])cc1. The molecule has 3 rings (SSSR count). The average Bonchev–Trinajstić information content (AvgIpc) is 2.99. The second kappa shape index (κ2) is 7.59. The molecule has 0 amide bonds. The summed E-state index contributed by atoms with van der Waals surface area (Å²) < 4.78 is 6.77. The third-order valence-corrected chi connectivity index (χ3v) is 4.18. The number of hydrogen-bond acceptors (Lipinski definition) is 5. The fourth-order valence-electron chi connectivity index (χ4n) is 2.78. The van der Waals surface area contributed by atoms with Gasteiger partial charge in [0.15, 0.2) is 0 Å². The van der Waals surface area contributed by atoms with Crippen molar-refractivity contribution >= 4 is 23.3 Å². The van der Waals surface area contributed by atoms with E-state index in [2.05, 4.69) is 5.10 Å². The quantitative estimate of drug-likeness (QED) is 0.364. The second-order valence-corrected chi connectivity index (χ2v) is 6.16. The lowest BCUT2D eigenvalue weighted by molar-refractivity contribution is -0.384. The summed E-state index contributed by atoms with van der Waals surface area (Å²) in [6.07, 6.45) is 0. The average molecular weight is 386 g/mol. The molecule has 0 fully saturated rings. The number of rotatable bonds is 5. The van der Waals surface area contributed by atoms with Crippen LogP contribution >= 0.6 is 11.6 Å². The van der Waals surface area contributed by atoms with Crippen LogP contribution < -0.4 is 0 Å². The number of non-ortho nitro benzene ring substituents is 1. The Balaban J connectivity index is 2.24. The number of aryl methyl sites for hydroxylation is 1. The summed E-state index contributed by atoms with van der Waals surface area (Å²) in [4.78, 5) is 23.0. The number of carbonyl (C=O) groups excluding carboxylic acids is 1. The molecule has 8 heteroatoms. The minimum atomic E-state index is -0.503. The summed E-state index contributed by atoms with van der Waals surface area (Å²) in [6.45, 7) is 3.66. The van der Waals surface area contributed by atoms with E-state index in [1.165, 1.54) is 12.1 Å². The highest BCUT2D eigenvalue weighted by Crippen LogP contribution is 2.31. The third kappa shape index (κ3) is 3.68. The van der Waals surface area contributed by atoms with Gasteiger partial charge in [0.05, 0.1) is 28.6 Å². The molecule has 0 aliphatic heterocycles. The molecule has 0 atom stereocenters. The van der Waals surface area contributed by atoms with Gasteiger partial charge < -0.3 is 4.74 Å². The number of nitro benzene ring substituents is 1. The largest absolute Gasteiger partial charge is 0.462 e. The van der Waals surface area contributed by atoms with Crippen LogP contribution in [-0.2, 0) is 4.74 Å². The van der Waals surface area contributed by atoms with Gasteiger partial charge in [-0.05, 0) is 44.2 Å². The molecule has 3 aromatic rings. The van der Waals surface area contributed by atoms with Gasteiger partial charge in [-0.1, -0.05) is 17.7 Å². The van der Waals surface area contributed by atoms with Crippen LogP contribution in [0.2, 0.25) is 5.02 Å². The molecule has 1 heterocycles. The summed E-state index contributed by atoms with van der Waals surface area (Å²) in [5, 5.41) is 15.9. The first kappa shape index (κ1) is 18.6. The number of benzene rings is 2. The number of carbonyl (C=O) groups is 1. The molecule has 0 bridgehead atoms. The Hall–Kier alpha value is -3.19. The third-order valence-electron chi connectivity index (χ3n) is 3.94. The van der Waals surface area contributed by atoms with E-state index >= 15 is 0 Å². The van der Waals surface area contributed by atoms with E-state index in [-0.39, 0.29) is 12.3 Å². The van der Waals surface area contributed by atoms with Crippen molar-refractivity contribution in [3.63, 3.8) is 0 Å². The highest BCUT2D eigenvalue weighted by atomic mass is 35.5. The lowest BCUT2D eigenvalue weighted by Crippen LogP contribution is -2.08. The predicted octanol–water partition coefficient (Wildman–Crippen LogP) is 4.59. The first-order chi connectivity index (χ1) is 12.9. The zero-order chi connectivity index (χ0) is 19.6. The maximum atomic E-state index is 12.5. The molecular formula is C19H16ClN3O4. The Labute approximate surface area is 160 Å². The standard InChI is InChI=1S/C19H16ClN3O4/c1-3-27-19(24)17-12(2)21-22(16-6-4-5-14(20)11-16)18(17)13-7-9-15(10-8-13)23(25)26/h4-11H,3H2,1-2H3. The fourth-order valence-corrected chi connectivity index (χ4v) is 2.96.